The summed E-state index contributed by atoms with van der Waals surface area (Å²) in [7, 11) is -1.59. The van der Waals surface area contributed by atoms with Gasteiger partial charge in [-0.05, 0) is 42.2 Å². The van der Waals surface area contributed by atoms with Crippen LogP contribution in [0.15, 0.2) is 47.4 Å². The van der Waals surface area contributed by atoms with E-state index in [0.717, 1.165) is 38.0 Å². The van der Waals surface area contributed by atoms with E-state index in [2.05, 4.69) is 39.8 Å². The van der Waals surface area contributed by atoms with Crippen LogP contribution in [0.2, 0.25) is 5.02 Å². The fourth-order valence-electron chi connectivity index (χ4n) is 4.29. The summed E-state index contributed by atoms with van der Waals surface area (Å²) < 4.78 is 34.1. The van der Waals surface area contributed by atoms with E-state index in [-0.39, 0.29) is 22.5 Å². The lowest BCUT2D eigenvalue weighted by molar-refractivity contribution is 0.0172. The first-order chi connectivity index (χ1) is 14.5. The molecule has 2 aliphatic rings. The van der Waals surface area contributed by atoms with E-state index < -0.39 is 10.0 Å². The molecule has 1 saturated heterocycles. The van der Waals surface area contributed by atoms with E-state index in [1.807, 2.05) is 0 Å². The van der Waals surface area contributed by atoms with E-state index in [9.17, 15) is 8.42 Å². The number of aryl methyl sites for hydroxylation is 1. The van der Waals surface area contributed by atoms with E-state index in [4.69, 9.17) is 16.3 Å². The summed E-state index contributed by atoms with van der Waals surface area (Å²) >= 11 is 6.13. The van der Waals surface area contributed by atoms with Gasteiger partial charge in [-0.15, -0.1) is 0 Å². The van der Waals surface area contributed by atoms with Crippen molar-refractivity contribution < 1.29 is 13.2 Å². The molecule has 0 radical (unpaired) electrons. The van der Waals surface area contributed by atoms with Gasteiger partial charge in [0.1, 0.15) is 4.90 Å². The van der Waals surface area contributed by atoms with E-state index in [1.165, 1.54) is 17.3 Å². The van der Waals surface area contributed by atoms with Crippen LogP contribution in [0.4, 0.5) is 5.69 Å². The molecule has 6 nitrogen and oxygen atoms in total. The van der Waals surface area contributed by atoms with Gasteiger partial charge in [0.2, 0.25) is 10.0 Å². The Morgan fingerprint density at radius 1 is 1.13 bits per heavy atom. The number of anilines is 1. The molecule has 2 aromatic carbocycles. The third kappa shape index (κ3) is 4.65. The highest BCUT2D eigenvalue weighted by Crippen LogP contribution is 2.31. The molecule has 0 spiro atoms. The van der Waals surface area contributed by atoms with Crippen LogP contribution in [0.1, 0.15) is 23.6 Å². The van der Waals surface area contributed by atoms with Gasteiger partial charge >= 0.3 is 0 Å². The Balaban J connectivity index is 1.60. The van der Waals surface area contributed by atoms with Crippen LogP contribution >= 0.6 is 11.6 Å². The zero-order chi connectivity index (χ0) is 21.1. The molecule has 0 aromatic heterocycles. The van der Waals surface area contributed by atoms with Gasteiger partial charge in [-0.25, -0.2) is 13.1 Å². The summed E-state index contributed by atoms with van der Waals surface area (Å²) in [5, 5.41) is 0.227. The molecule has 0 aliphatic carbocycles. The van der Waals surface area contributed by atoms with Gasteiger partial charge in [-0.1, -0.05) is 35.9 Å². The lowest BCUT2D eigenvalue weighted by Crippen LogP contribution is -2.44. The molecule has 1 N–H and O–H groups in total. The van der Waals surface area contributed by atoms with Crippen LogP contribution in [0.3, 0.4) is 0 Å². The van der Waals surface area contributed by atoms with Crippen LogP contribution in [0, 0.1) is 0 Å². The minimum Gasteiger partial charge on any atom is -0.379 e. The van der Waals surface area contributed by atoms with Crippen molar-refractivity contribution in [2.75, 3.05) is 51.3 Å². The summed E-state index contributed by atoms with van der Waals surface area (Å²) in [4.78, 5) is 4.69. The fourth-order valence-corrected chi connectivity index (χ4v) is 5.84. The van der Waals surface area contributed by atoms with Crippen LogP contribution < -0.4 is 9.62 Å². The molecule has 0 unspecified atom stereocenters. The molecule has 2 aliphatic heterocycles. The fraction of sp³-hybridized carbons (Fsp3) is 0.455. The first kappa shape index (κ1) is 21.6. The standard InChI is InChI=1S/C22H28ClN3O3S/c1-25-10-4-5-17-15-18(8-9-20(17)25)21(26-11-13-29-14-12-26)16-24-30(27,28)22-7-3-2-6-19(22)23/h2-3,6-9,15,21,24H,4-5,10-14,16H2,1H3/t21-/m1/s1. The number of ether oxygens (including phenoxy) is 1. The van der Waals surface area contributed by atoms with Crippen molar-refractivity contribution in [2.24, 2.45) is 0 Å². The number of rotatable bonds is 6. The van der Waals surface area contributed by atoms with Gasteiger partial charge in [0.25, 0.3) is 0 Å². The monoisotopic (exact) mass is 449 g/mol. The van der Waals surface area contributed by atoms with Gasteiger partial charge < -0.3 is 9.64 Å². The average molecular weight is 450 g/mol. The van der Waals surface area contributed by atoms with Gasteiger partial charge in [0.05, 0.1) is 18.2 Å². The first-order valence-electron chi connectivity index (χ1n) is 10.4. The van der Waals surface area contributed by atoms with Crippen molar-refractivity contribution in [1.82, 2.24) is 9.62 Å². The highest BCUT2D eigenvalue weighted by Gasteiger charge is 2.27. The summed E-state index contributed by atoms with van der Waals surface area (Å²) in [5.41, 5.74) is 3.73. The average Bonchev–Trinajstić information content (AvgIpc) is 2.75. The molecule has 8 heteroatoms. The summed E-state index contributed by atoms with van der Waals surface area (Å²) in [6.07, 6.45) is 2.18. The number of sulfonamides is 1. The molecule has 0 saturated carbocycles. The maximum atomic E-state index is 12.9. The molecule has 0 amide bonds. The smallest absolute Gasteiger partial charge is 0.242 e. The largest absolute Gasteiger partial charge is 0.379 e. The Hall–Kier alpha value is -1.64. The Bertz CT molecular complexity index is 993. The lowest BCUT2D eigenvalue weighted by Gasteiger charge is -2.36. The summed E-state index contributed by atoms with van der Waals surface area (Å²) in [5.74, 6) is 0. The van der Waals surface area contributed by atoms with Crippen molar-refractivity contribution in [3.8, 4) is 0 Å². The second kappa shape index (κ2) is 9.24. The number of hydrogen-bond acceptors (Lipinski definition) is 5. The van der Waals surface area contributed by atoms with Crippen molar-refractivity contribution in [3.05, 3.63) is 58.6 Å². The topological polar surface area (TPSA) is 61.9 Å². The van der Waals surface area contributed by atoms with Crippen LogP contribution in [-0.4, -0.2) is 59.8 Å². The highest BCUT2D eigenvalue weighted by molar-refractivity contribution is 7.89. The molecule has 1 atom stereocenters. The van der Waals surface area contributed by atoms with Crippen LogP contribution in [0.25, 0.3) is 0 Å². The van der Waals surface area contributed by atoms with Gasteiger partial charge in [0.15, 0.2) is 0 Å². The SMILES string of the molecule is CN1CCCc2cc([C@@H](CNS(=O)(=O)c3ccccc3Cl)N3CCOCC3)ccc21. The molecule has 1 fully saturated rings. The zero-order valence-electron chi connectivity index (χ0n) is 17.2. The first-order valence-corrected chi connectivity index (χ1v) is 12.2. The molecular formula is C22H28ClN3O3S. The Labute approximate surface area is 183 Å². The molecule has 0 bridgehead atoms. The Morgan fingerprint density at radius 2 is 1.90 bits per heavy atom. The van der Waals surface area contributed by atoms with Crippen molar-refractivity contribution in [2.45, 2.75) is 23.8 Å². The van der Waals surface area contributed by atoms with Crippen molar-refractivity contribution in [3.63, 3.8) is 0 Å². The zero-order valence-corrected chi connectivity index (χ0v) is 18.8. The molecule has 2 heterocycles. The third-order valence-corrected chi connectivity index (χ3v) is 7.84. The highest BCUT2D eigenvalue weighted by atomic mass is 35.5. The predicted molar refractivity (Wildman–Crippen MR) is 120 cm³/mol. The van der Waals surface area contributed by atoms with Gasteiger partial charge in [-0.2, -0.15) is 0 Å². The second-order valence-electron chi connectivity index (χ2n) is 7.86. The van der Waals surface area contributed by atoms with Crippen LogP contribution in [0.5, 0.6) is 0 Å². The van der Waals surface area contributed by atoms with E-state index >= 15 is 0 Å². The van der Waals surface area contributed by atoms with Gasteiger partial charge in [0, 0.05) is 45.0 Å². The molecule has 2 aromatic rings. The molecule has 162 valence electrons. The number of morpholine rings is 1. The van der Waals surface area contributed by atoms with Crippen LogP contribution in [-0.2, 0) is 21.2 Å². The number of hydrogen-bond donors (Lipinski definition) is 1. The summed E-state index contributed by atoms with van der Waals surface area (Å²) in [6.45, 7) is 4.20. The number of fused-ring (bicyclic) bond motifs is 1. The molecular weight excluding hydrogens is 422 g/mol. The lowest BCUT2D eigenvalue weighted by atomic mass is 9.96. The minimum atomic E-state index is -3.71. The second-order valence-corrected chi connectivity index (χ2v) is 10.0. The Kier molecular flexibility index (Phi) is 6.65. The number of nitrogens with one attached hydrogen (secondary N) is 1. The number of nitrogens with zero attached hydrogens (tertiary/aromatic N) is 2. The van der Waals surface area contributed by atoms with E-state index in [1.54, 1.807) is 18.2 Å². The Morgan fingerprint density at radius 3 is 2.67 bits per heavy atom. The number of benzene rings is 2. The van der Waals surface area contributed by atoms with E-state index in [0.29, 0.717) is 13.2 Å². The predicted octanol–water partition coefficient (Wildman–Crippen LogP) is 3.07. The maximum Gasteiger partial charge on any atom is 0.242 e. The van der Waals surface area contributed by atoms with Crippen molar-refractivity contribution in [1.29, 1.82) is 0 Å². The number of halogens is 1. The normalized spacial score (nSPS) is 18.8. The molecule has 4 rings (SSSR count). The van der Waals surface area contributed by atoms with Gasteiger partial charge in [-0.3, -0.25) is 4.90 Å². The molecule has 30 heavy (non-hydrogen) atoms. The van der Waals surface area contributed by atoms with Crippen molar-refractivity contribution >= 4 is 27.3 Å². The minimum absolute atomic E-state index is 0.0660. The maximum absolute atomic E-state index is 12.9. The third-order valence-electron chi connectivity index (χ3n) is 5.92. The summed E-state index contributed by atoms with van der Waals surface area (Å²) in [6, 6.07) is 13.0. The quantitative estimate of drug-likeness (QED) is 0.734.